The predicted molar refractivity (Wildman–Crippen MR) is 567 cm³/mol. The molecule has 147 heavy (non-hydrogen) atoms. The van der Waals surface area contributed by atoms with E-state index in [-0.39, 0.29) is 104 Å². The highest BCUT2D eigenvalue weighted by atomic mass is 79.9. The van der Waals surface area contributed by atoms with Crippen molar-refractivity contribution in [2.75, 3.05) is 39.6 Å². The van der Waals surface area contributed by atoms with Crippen molar-refractivity contribution in [3.05, 3.63) is 382 Å². The van der Waals surface area contributed by atoms with Gasteiger partial charge >= 0.3 is 35.8 Å². The van der Waals surface area contributed by atoms with Crippen molar-refractivity contribution in [1.82, 2.24) is 0 Å². The number of benzene rings is 12. The summed E-state index contributed by atoms with van der Waals surface area (Å²) in [6.45, 7) is 42.3. The van der Waals surface area contributed by atoms with Gasteiger partial charge < -0.3 is 56.8 Å². The molecule has 18 nitrogen and oxygen atoms in total. The molecule has 0 heterocycles. The Morgan fingerprint density at radius 1 is 0.265 bits per heavy atom. The first-order valence-corrected chi connectivity index (χ1v) is 50.7. The van der Waals surface area contributed by atoms with E-state index in [0.29, 0.717) is 163 Å². The van der Waals surface area contributed by atoms with Crippen molar-refractivity contribution in [3.8, 4) is 34.5 Å². The largest absolute Gasteiger partial charge is 0.488 e. The number of halogens is 8. The van der Waals surface area contributed by atoms with Crippen molar-refractivity contribution < 1.29 is 112 Å². The second kappa shape index (κ2) is 59.4. The quantitative estimate of drug-likeness (QED) is 0.0200. The maximum Gasteiger partial charge on any atom is 0.338 e. The second-order valence-electron chi connectivity index (χ2n) is 35.9. The number of carbonyl (C=O) groups excluding carboxylic acids is 6. The van der Waals surface area contributed by atoms with E-state index in [0.717, 1.165) is 140 Å². The van der Waals surface area contributed by atoms with Crippen LogP contribution in [0.2, 0.25) is 5.02 Å². The maximum atomic E-state index is 13.9. The summed E-state index contributed by atoms with van der Waals surface area (Å²) in [6.07, 6.45) is 7.60. The molecule has 1 aliphatic carbocycles. The minimum absolute atomic E-state index is 0.0551. The second-order valence-corrected chi connectivity index (χ2v) is 37.2. The van der Waals surface area contributed by atoms with Crippen LogP contribution < -0.4 is 28.4 Å². The average molecular weight is 2110 g/mol. The molecule has 0 radical (unpaired) electrons. The number of hydrogen-bond acceptors (Lipinski definition) is 18. The van der Waals surface area contributed by atoms with Gasteiger partial charge in [0.25, 0.3) is 0 Å². The molecule has 0 atom stereocenters. The Bertz CT molecular complexity index is 6020. The fraction of sp³-hybridized carbons (Fsp3) is 0.355. The van der Waals surface area contributed by atoms with E-state index in [4.69, 9.17) is 68.4 Å². The molecule has 26 heteroatoms. The van der Waals surface area contributed by atoms with E-state index in [1.807, 2.05) is 152 Å². The van der Waals surface area contributed by atoms with Crippen LogP contribution >= 0.6 is 27.5 Å². The molecule has 0 unspecified atom stereocenters. The highest BCUT2D eigenvalue weighted by molar-refractivity contribution is 9.10. The van der Waals surface area contributed by atoms with Crippen LogP contribution in [0, 0.1) is 132 Å². The van der Waals surface area contributed by atoms with Crippen molar-refractivity contribution in [2.24, 2.45) is 0 Å². The Morgan fingerprint density at radius 2 is 0.490 bits per heavy atom. The van der Waals surface area contributed by atoms with Gasteiger partial charge in [0.1, 0.15) is 109 Å². The zero-order chi connectivity index (χ0) is 108. The normalized spacial score (nSPS) is 11.1. The van der Waals surface area contributed by atoms with E-state index >= 15 is 0 Å². The number of carbonyl (C=O) groups is 6. The lowest BCUT2D eigenvalue weighted by Crippen LogP contribution is -2.13. The predicted octanol–water partition coefficient (Wildman–Crippen LogP) is 31.0. The molecule has 0 bridgehead atoms. The van der Waals surface area contributed by atoms with Crippen LogP contribution in [0.5, 0.6) is 34.5 Å². The molecule has 13 rings (SSSR count). The monoisotopic (exact) mass is 2100 g/mol. The van der Waals surface area contributed by atoms with E-state index in [2.05, 4.69) is 22.0 Å². The lowest BCUT2D eigenvalue weighted by atomic mass is 9.98. The number of rotatable bonds is 38. The third kappa shape index (κ3) is 35.2. The van der Waals surface area contributed by atoms with Crippen molar-refractivity contribution >= 4 is 63.3 Å². The Hall–Kier alpha value is -13.4. The van der Waals surface area contributed by atoms with Gasteiger partial charge in [0, 0.05) is 79.3 Å². The van der Waals surface area contributed by atoms with E-state index in [9.17, 15) is 55.1 Å². The van der Waals surface area contributed by atoms with Gasteiger partial charge in [-0.1, -0.05) is 137 Å². The fourth-order valence-corrected chi connectivity index (χ4v) is 16.0. The molecule has 1 saturated carbocycles. The van der Waals surface area contributed by atoms with Gasteiger partial charge in [0.2, 0.25) is 0 Å². The standard InChI is InChI=1S/C22H25FO3.C21H25FO3.2C20H23FO3.C19H20BrFO3.C19H20ClFO3/c1-4-10-25-22(24)18-7-5-6-17(16-8-9-16)19(18)13-26-21-12-20(23)14(2)11-15(21)3;1-5-10-24-21(23)17-9-7-8-16(6-2)18(17)13-25-20-12-19(22)14(3)11-15(20)4;2*1-5-9-23-20(22)16-8-6-7-13(2)17(16)12-24-19-11-18(21)14(3)10-15(19)4;2*1-4-8-23-19(22)14-6-5-7-16(20)15(14)11-24-18-10-17(21)12(2)9-13(18)3/h5-7,11-12,16H,4,8-10,13H2,1-3H3;7-9,11-12H,5-6,10,13H2,1-4H3;2*6-8,10-11H,5,9,12H2,1-4H3;2*5-7,9-10H,4,8,11H2,1-3H3. The molecule has 784 valence electrons. The van der Waals surface area contributed by atoms with Crippen molar-refractivity contribution in [1.29, 1.82) is 0 Å². The lowest BCUT2D eigenvalue weighted by Gasteiger charge is -2.16. The minimum Gasteiger partial charge on any atom is -0.488 e. The molecule has 0 aromatic heterocycles. The van der Waals surface area contributed by atoms with Gasteiger partial charge in [-0.05, 0) is 335 Å². The molecule has 0 amide bonds. The van der Waals surface area contributed by atoms with E-state index < -0.39 is 5.97 Å². The van der Waals surface area contributed by atoms with Crippen molar-refractivity contribution in [2.45, 2.75) is 249 Å². The summed E-state index contributed by atoms with van der Waals surface area (Å²) in [5.74, 6) is -0.732. The Labute approximate surface area is 874 Å². The first-order chi connectivity index (χ1) is 70.2. The summed E-state index contributed by atoms with van der Waals surface area (Å²) >= 11 is 9.65. The number of hydrogen-bond donors (Lipinski definition) is 0. The Kier molecular flexibility index (Phi) is 48.0. The molecular formula is C121H136BrClF6O18. The van der Waals surface area contributed by atoms with Gasteiger partial charge in [0.05, 0.1) is 73.0 Å². The number of aryl methyl sites for hydroxylation is 15. The summed E-state index contributed by atoms with van der Waals surface area (Å²) in [6, 6.07) is 51.3. The zero-order valence-corrected chi connectivity index (χ0v) is 90.5. The van der Waals surface area contributed by atoms with Crippen LogP contribution in [0.25, 0.3) is 0 Å². The van der Waals surface area contributed by atoms with Crippen LogP contribution in [0.1, 0.15) is 290 Å². The van der Waals surface area contributed by atoms with E-state index in [1.165, 1.54) is 36.4 Å². The first kappa shape index (κ1) is 119. The number of esters is 6. The molecular weight excluding hydrogens is 1970 g/mol. The highest BCUT2D eigenvalue weighted by Crippen LogP contribution is 2.44. The van der Waals surface area contributed by atoms with Crippen LogP contribution in [0.3, 0.4) is 0 Å². The van der Waals surface area contributed by atoms with Gasteiger partial charge in [-0.3, -0.25) is 0 Å². The van der Waals surface area contributed by atoms with Crippen LogP contribution in [-0.4, -0.2) is 75.5 Å². The summed E-state index contributed by atoms with van der Waals surface area (Å²) < 4.78 is 150. The lowest BCUT2D eigenvalue weighted by molar-refractivity contribution is 0.0493. The molecule has 1 aliphatic rings. The summed E-state index contributed by atoms with van der Waals surface area (Å²) in [4.78, 5) is 73.6. The first-order valence-electron chi connectivity index (χ1n) is 49.6. The summed E-state index contributed by atoms with van der Waals surface area (Å²) in [5, 5.41) is 0.409. The Morgan fingerprint density at radius 3 is 0.776 bits per heavy atom. The van der Waals surface area contributed by atoms with Crippen molar-refractivity contribution in [3.63, 3.8) is 0 Å². The van der Waals surface area contributed by atoms with Crippen LogP contribution in [0.15, 0.2) is 186 Å². The zero-order valence-electron chi connectivity index (χ0n) is 88.1. The Balaban J connectivity index is 0.000000215. The topological polar surface area (TPSA) is 213 Å². The average Bonchev–Trinajstić information content (AvgIpc) is 1.68. The molecule has 12 aromatic carbocycles. The van der Waals surface area contributed by atoms with Crippen LogP contribution in [-0.2, 0) is 74.5 Å². The van der Waals surface area contributed by atoms with Gasteiger partial charge in [-0.2, -0.15) is 0 Å². The molecule has 0 N–H and O–H groups in total. The maximum absolute atomic E-state index is 13.9. The third-order valence-electron chi connectivity index (χ3n) is 23.9. The van der Waals surface area contributed by atoms with Gasteiger partial charge in [-0.15, -0.1) is 0 Å². The fourth-order valence-electron chi connectivity index (χ4n) is 15.3. The summed E-state index contributed by atoms with van der Waals surface area (Å²) in [5.41, 5.74) is 19.9. The SMILES string of the molecule is CCCOC(=O)c1cccc(Br)c1COc1cc(F)c(C)cc1C.CCCOC(=O)c1cccc(C)c1COc1cc(F)c(C)cc1C.CCCOC(=O)c1cccc(C)c1COc1cc(F)c(C)cc1C.CCCOC(=O)c1cccc(C2CC2)c1COc1cc(F)c(C)cc1C.CCCOC(=O)c1cccc(CC)c1COc1cc(F)c(C)cc1C.CCCOC(=O)c1cccc(Cl)c1COc1cc(F)c(C)cc1C. The highest BCUT2D eigenvalue weighted by Gasteiger charge is 2.30. The van der Waals surface area contributed by atoms with Gasteiger partial charge in [0.15, 0.2) is 0 Å². The van der Waals surface area contributed by atoms with Crippen LogP contribution in [0.4, 0.5) is 26.3 Å². The molecule has 1 fully saturated rings. The molecule has 0 spiro atoms. The van der Waals surface area contributed by atoms with E-state index in [1.54, 1.807) is 133 Å². The summed E-state index contributed by atoms with van der Waals surface area (Å²) in [7, 11) is 0. The smallest absolute Gasteiger partial charge is 0.338 e. The third-order valence-corrected chi connectivity index (χ3v) is 25.0. The molecule has 0 saturated heterocycles. The number of ether oxygens (including phenoxy) is 12. The minimum atomic E-state index is -0.440. The van der Waals surface area contributed by atoms with Gasteiger partial charge in [-0.25, -0.2) is 55.1 Å². The molecule has 0 aliphatic heterocycles. The molecule has 12 aromatic rings.